The van der Waals surface area contributed by atoms with Crippen molar-refractivity contribution in [3.63, 3.8) is 0 Å². The molecule has 2 aromatic rings. The molecule has 1 aliphatic rings. The Bertz CT molecular complexity index is 803. The van der Waals surface area contributed by atoms with Crippen LogP contribution >= 0.6 is 0 Å². The first-order valence-electron chi connectivity index (χ1n) is 9.04. The molecule has 2 atom stereocenters. The van der Waals surface area contributed by atoms with Crippen molar-refractivity contribution in [2.75, 3.05) is 31.7 Å². The summed E-state index contributed by atoms with van der Waals surface area (Å²) < 4.78 is 6.77. The number of ether oxygens (including phenoxy) is 1. The molecule has 0 radical (unpaired) electrons. The number of esters is 1. The van der Waals surface area contributed by atoms with Crippen molar-refractivity contribution >= 4 is 23.0 Å². The van der Waals surface area contributed by atoms with Gasteiger partial charge in [0.1, 0.15) is 0 Å². The Hall–Kier alpha value is -2.12. The molecule has 1 fully saturated rings. The van der Waals surface area contributed by atoms with E-state index < -0.39 is 11.5 Å². The van der Waals surface area contributed by atoms with Crippen LogP contribution in [0.25, 0.3) is 11.0 Å². The predicted molar refractivity (Wildman–Crippen MR) is 99.3 cm³/mol. The maximum Gasteiger partial charge on any atom is 0.337 e. The van der Waals surface area contributed by atoms with Crippen LogP contribution in [-0.2, 0) is 11.8 Å². The van der Waals surface area contributed by atoms with Crippen LogP contribution in [0.15, 0.2) is 18.2 Å². The standard InChI is InChI=1S/C19H27N3O4/c1-4-8-19(12-23)11-22(9-7-16(19)24)18-20-14-10-13(17(25)26-3)5-6-15(14)21(18)2/h5-6,10,16,23-24H,4,7-9,11-12H2,1-3H3/t16-,19+/m1/s1. The minimum Gasteiger partial charge on any atom is -0.465 e. The van der Waals surface area contributed by atoms with E-state index in [4.69, 9.17) is 9.72 Å². The Labute approximate surface area is 153 Å². The fourth-order valence-electron chi connectivity index (χ4n) is 4.01. The second kappa shape index (κ2) is 7.25. The molecule has 0 amide bonds. The number of hydrogen-bond donors (Lipinski definition) is 2. The van der Waals surface area contributed by atoms with Crippen LogP contribution in [0, 0.1) is 5.41 Å². The molecule has 7 nitrogen and oxygen atoms in total. The molecule has 1 saturated heterocycles. The lowest BCUT2D eigenvalue weighted by Crippen LogP contribution is -2.54. The van der Waals surface area contributed by atoms with E-state index in [1.165, 1.54) is 7.11 Å². The summed E-state index contributed by atoms with van der Waals surface area (Å²) in [7, 11) is 3.30. The lowest BCUT2D eigenvalue weighted by atomic mass is 9.74. The molecule has 0 saturated carbocycles. The largest absolute Gasteiger partial charge is 0.465 e. The molecule has 2 N–H and O–H groups in total. The van der Waals surface area contributed by atoms with Crippen LogP contribution in [0.4, 0.5) is 5.95 Å². The number of nitrogens with zero attached hydrogens (tertiary/aromatic N) is 3. The molecule has 0 unspecified atom stereocenters. The highest BCUT2D eigenvalue weighted by Crippen LogP contribution is 2.37. The van der Waals surface area contributed by atoms with E-state index in [0.717, 1.165) is 29.8 Å². The van der Waals surface area contributed by atoms with Crippen LogP contribution in [0.1, 0.15) is 36.5 Å². The van der Waals surface area contributed by atoms with Gasteiger partial charge in [0.25, 0.3) is 0 Å². The van der Waals surface area contributed by atoms with Gasteiger partial charge in [-0.2, -0.15) is 0 Å². The van der Waals surface area contributed by atoms with Crippen molar-refractivity contribution in [1.82, 2.24) is 9.55 Å². The van der Waals surface area contributed by atoms with E-state index >= 15 is 0 Å². The van der Waals surface area contributed by atoms with Gasteiger partial charge in [-0.15, -0.1) is 0 Å². The predicted octanol–water partition coefficient (Wildman–Crippen LogP) is 1.71. The summed E-state index contributed by atoms with van der Waals surface area (Å²) >= 11 is 0. The summed E-state index contributed by atoms with van der Waals surface area (Å²) in [5.74, 6) is 0.394. The molecule has 1 aromatic carbocycles. The highest BCUT2D eigenvalue weighted by Gasteiger charge is 2.42. The minimum absolute atomic E-state index is 0.0467. The van der Waals surface area contributed by atoms with Crippen molar-refractivity contribution in [1.29, 1.82) is 0 Å². The van der Waals surface area contributed by atoms with Gasteiger partial charge in [-0.25, -0.2) is 9.78 Å². The monoisotopic (exact) mass is 361 g/mol. The van der Waals surface area contributed by atoms with Crippen molar-refractivity contribution in [2.45, 2.75) is 32.3 Å². The van der Waals surface area contributed by atoms with Crippen LogP contribution in [0.3, 0.4) is 0 Å². The fourth-order valence-corrected chi connectivity index (χ4v) is 4.01. The molecule has 142 valence electrons. The number of carbonyl (C=O) groups is 1. The van der Waals surface area contributed by atoms with Crippen molar-refractivity contribution in [3.8, 4) is 0 Å². The van der Waals surface area contributed by atoms with Crippen LogP contribution < -0.4 is 4.90 Å². The number of methoxy groups -OCH3 is 1. The normalized spacial score (nSPS) is 23.4. The third-order valence-electron chi connectivity index (χ3n) is 5.51. The van der Waals surface area contributed by atoms with Gasteiger partial charge < -0.3 is 24.4 Å². The van der Waals surface area contributed by atoms with Gasteiger partial charge in [0.05, 0.1) is 36.4 Å². The summed E-state index contributed by atoms with van der Waals surface area (Å²) in [5.41, 5.74) is 1.59. The number of aromatic nitrogens is 2. The van der Waals surface area contributed by atoms with Crippen molar-refractivity contribution in [3.05, 3.63) is 23.8 Å². The molecular weight excluding hydrogens is 334 g/mol. The third-order valence-corrected chi connectivity index (χ3v) is 5.51. The molecule has 3 rings (SSSR count). The third kappa shape index (κ3) is 3.05. The van der Waals surface area contributed by atoms with E-state index in [-0.39, 0.29) is 12.6 Å². The van der Waals surface area contributed by atoms with Gasteiger partial charge in [0.2, 0.25) is 5.95 Å². The molecule has 0 bridgehead atoms. The number of benzene rings is 1. The zero-order valence-electron chi connectivity index (χ0n) is 15.6. The van der Waals surface area contributed by atoms with Crippen LogP contribution in [-0.4, -0.2) is 58.6 Å². The quantitative estimate of drug-likeness (QED) is 0.789. The number of piperidine rings is 1. The summed E-state index contributed by atoms with van der Waals surface area (Å²) in [6.07, 6.45) is 1.75. The van der Waals surface area contributed by atoms with E-state index in [0.29, 0.717) is 25.1 Å². The van der Waals surface area contributed by atoms with E-state index in [9.17, 15) is 15.0 Å². The Morgan fingerprint density at radius 2 is 2.23 bits per heavy atom. The second-order valence-corrected chi connectivity index (χ2v) is 7.16. The molecule has 7 heteroatoms. The molecule has 26 heavy (non-hydrogen) atoms. The summed E-state index contributed by atoms with van der Waals surface area (Å²) in [5, 5.41) is 20.5. The summed E-state index contributed by atoms with van der Waals surface area (Å²) in [6, 6.07) is 5.33. The van der Waals surface area contributed by atoms with Gasteiger partial charge in [-0.05, 0) is 31.0 Å². The van der Waals surface area contributed by atoms with Gasteiger partial charge >= 0.3 is 5.97 Å². The maximum absolute atomic E-state index is 11.8. The SMILES string of the molecule is CCC[C@@]1(CO)CN(c2nc3cc(C(=O)OC)ccc3n2C)CC[C@H]1O. The summed E-state index contributed by atoms with van der Waals surface area (Å²) in [6.45, 7) is 3.24. The number of aryl methyl sites for hydroxylation is 1. The molecule has 0 aliphatic carbocycles. The first-order chi connectivity index (χ1) is 12.5. The zero-order valence-corrected chi connectivity index (χ0v) is 15.6. The van der Waals surface area contributed by atoms with Gasteiger partial charge in [-0.3, -0.25) is 0 Å². The number of rotatable bonds is 5. The maximum atomic E-state index is 11.8. The van der Waals surface area contributed by atoms with Crippen LogP contribution in [0.5, 0.6) is 0 Å². The van der Waals surface area contributed by atoms with Crippen molar-refractivity contribution in [2.24, 2.45) is 12.5 Å². The number of carbonyl (C=O) groups excluding carboxylic acids is 1. The Balaban J connectivity index is 1.97. The smallest absolute Gasteiger partial charge is 0.337 e. The molecule has 2 heterocycles. The molecule has 1 aliphatic heterocycles. The zero-order chi connectivity index (χ0) is 18.9. The highest BCUT2D eigenvalue weighted by molar-refractivity contribution is 5.94. The number of aliphatic hydroxyl groups is 2. The molecule has 0 spiro atoms. The number of imidazole rings is 1. The lowest BCUT2D eigenvalue weighted by Gasteiger charge is -2.45. The van der Waals surface area contributed by atoms with Gasteiger partial charge in [0, 0.05) is 25.6 Å². The van der Waals surface area contributed by atoms with E-state index in [1.54, 1.807) is 12.1 Å². The molecular formula is C19H27N3O4. The minimum atomic E-state index is -0.525. The number of fused-ring (bicyclic) bond motifs is 1. The Kier molecular flexibility index (Phi) is 5.20. The average Bonchev–Trinajstić information content (AvgIpc) is 2.99. The number of hydrogen-bond acceptors (Lipinski definition) is 6. The van der Waals surface area contributed by atoms with E-state index in [2.05, 4.69) is 11.8 Å². The number of aliphatic hydroxyl groups excluding tert-OH is 2. The van der Waals surface area contributed by atoms with Gasteiger partial charge in [-0.1, -0.05) is 13.3 Å². The number of anilines is 1. The average molecular weight is 361 g/mol. The lowest BCUT2D eigenvalue weighted by molar-refractivity contribution is -0.0355. The Morgan fingerprint density at radius 3 is 2.88 bits per heavy atom. The van der Waals surface area contributed by atoms with Crippen molar-refractivity contribution < 1.29 is 19.7 Å². The first kappa shape index (κ1) is 18.7. The summed E-state index contributed by atoms with van der Waals surface area (Å²) in [4.78, 5) is 18.6. The van der Waals surface area contributed by atoms with Gasteiger partial charge in [0.15, 0.2) is 0 Å². The topological polar surface area (TPSA) is 87.8 Å². The van der Waals surface area contributed by atoms with Crippen LogP contribution in [0.2, 0.25) is 0 Å². The Morgan fingerprint density at radius 1 is 1.46 bits per heavy atom. The second-order valence-electron chi connectivity index (χ2n) is 7.16. The van der Waals surface area contributed by atoms with E-state index in [1.807, 2.05) is 17.7 Å². The fraction of sp³-hybridized carbons (Fsp3) is 0.579. The first-order valence-corrected chi connectivity index (χ1v) is 9.04. The highest BCUT2D eigenvalue weighted by atomic mass is 16.5. The molecule has 1 aromatic heterocycles.